The number of aromatic amines is 1. The smallest absolute Gasteiger partial charge is 0.226 e. The number of halogens is 3. The number of nitrogens with two attached hydrogens (primary N) is 1. The fraction of sp³-hybridized carbons (Fsp3) is 0.423. The monoisotopic (exact) mass is 588 g/mol. The average molecular weight is 590 g/mol. The first-order chi connectivity index (χ1) is 18.0. The number of benzene rings is 1. The van der Waals surface area contributed by atoms with Crippen LogP contribution in [0.3, 0.4) is 0 Å². The number of fused-ring (bicyclic) bond motifs is 1. The molecule has 0 saturated heterocycles. The first-order valence-corrected chi connectivity index (χ1v) is 13.8. The predicted molar refractivity (Wildman–Crippen MR) is 149 cm³/mol. The lowest BCUT2D eigenvalue weighted by atomic mass is 10.1. The van der Waals surface area contributed by atoms with Crippen molar-refractivity contribution < 1.29 is 4.39 Å². The van der Waals surface area contributed by atoms with Gasteiger partial charge < -0.3 is 20.5 Å². The van der Waals surface area contributed by atoms with Gasteiger partial charge in [0.15, 0.2) is 0 Å². The molecule has 3 aromatic heterocycles. The van der Waals surface area contributed by atoms with Gasteiger partial charge in [-0.25, -0.2) is 9.37 Å². The molecule has 8 nitrogen and oxygen atoms in total. The second-order valence-corrected chi connectivity index (χ2v) is 10.9. The van der Waals surface area contributed by atoms with Gasteiger partial charge in [0.25, 0.3) is 0 Å². The van der Waals surface area contributed by atoms with Crippen LogP contribution in [-0.2, 0) is 6.42 Å². The maximum Gasteiger partial charge on any atom is 0.226 e. The van der Waals surface area contributed by atoms with E-state index in [4.69, 9.17) is 17.3 Å². The van der Waals surface area contributed by atoms with Crippen LogP contribution >= 0.6 is 27.5 Å². The minimum Gasteiger partial charge on any atom is -0.383 e. The summed E-state index contributed by atoms with van der Waals surface area (Å²) in [7, 11) is 0. The lowest BCUT2D eigenvalue weighted by Gasteiger charge is -2.26. The van der Waals surface area contributed by atoms with Gasteiger partial charge in [0.1, 0.15) is 17.3 Å². The third-order valence-electron chi connectivity index (χ3n) is 7.15. The lowest BCUT2D eigenvalue weighted by molar-refractivity contribution is 0.475. The number of aromatic nitrogens is 5. The molecule has 0 amide bonds. The summed E-state index contributed by atoms with van der Waals surface area (Å²) in [4.78, 5) is 11.0. The predicted octanol–water partition coefficient (Wildman–Crippen LogP) is 5.36. The molecule has 37 heavy (non-hydrogen) atoms. The van der Waals surface area contributed by atoms with Gasteiger partial charge in [-0.15, -0.1) is 0 Å². The number of nitrogens with zero attached hydrogens (tertiary/aromatic N) is 5. The Morgan fingerprint density at radius 3 is 2.84 bits per heavy atom. The molecule has 196 valence electrons. The number of hydrogen-bond acceptors (Lipinski definition) is 6. The standard InChI is InChI=1S/C26H31BrClFN8/c27-22-16-37(25-23(22)24(30)34-26(28)35-25)20-7-4-18(12-20)15-36(21-13-32-33-14-21)11-1-9-31-10-8-17-2-5-19(29)6-3-17/h2-3,5-6,13-14,16,18,20,31H,1,4,7-12,15H2,(H,32,33)(H2,30,34,35). The van der Waals surface area contributed by atoms with Crippen molar-refractivity contribution >= 4 is 50.1 Å². The van der Waals surface area contributed by atoms with Gasteiger partial charge in [0, 0.05) is 36.0 Å². The van der Waals surface area contributed by atoms with Gasteiger partial charge in [-0.1, -0.05) is 12.1 Å². The van der Waals surface area contributed by atoms with Crippen LogP contribution in [0.25, 0.3) is 11.0 Å². The zero-order valence-corrected chi connectivity index (χ0v) is 22.8. The highest BCUT2D eigenvalue weighted by atomic mass is 79.9. The number of nitrogen functional groups attached to an aromatic ring is 1. The summed E-state index contributed by atoms with van der Waals surface area (Å²) in [6.45, 7) is 3.72. The second kappa shape index (κ2) is 11.8. The van der Waals surface area contributed by atoms with Crippen molar-refractivity contribution in [2.75, 3.05) is 36.8 Å². The molecule has 0 bridgehead atoms. The summed E-state index contributed by atoms with van der Waals surface area (Å²) in [5.41, 5.74) is 9.17. The van der Waals surface area contributed by atoms with Gasteiger partial charge in [0.05, 0.1) is 17.3 Å². The summed E-state index contributed by atoms with van der Waals surface area (Å²) >= 11 is 9.74. The molecule has 2 unspecified atom stereocenters. The second-order valence-electron chi connectivity index (χ2n) is 9.68. The van der Waals surface area contributed by atoms with Crippen LogP contribution in [0.5, 0.6) is 0 Å². The molecule has 0 aliphatic heterocycles. The van der Waals surface area contributed by atoms with Gasteiger partial charge in [-0.05, 0) is 96.3 Å². The van der Waals surface area contributed by atoms with Crippen molar-refractivity contribution in [3.05, 3.63) is 64.0 Å². The topological polar surface area (TPSA) is 101 Å². The number of rotatable bonds is 11. The summed E-state index contributed by atoms with van der Waals surface area (Å²) in [5, 5.41) is 11.6. The van der Waals surface area contributed by atoms with E-state index in [-0.39, 0.29) is 11.1 Å². The largest absolute Gasteiger partial charge is 0.383 e. The molecule has 2 atom stereocenters. The zero-order valence-electron chi connectivity index (χ0n) is 20.5. The van der Waals surface area contributed by atoms with Crippen molar-refractivity contribution in [1.82, 2.24) is 30.0 Å². The van der Waals surface area contributed by atoms with E-state index in [1.807, 2.05) is 24.5 Å². The number of anilines is 2. The molecule has 1 aromatic carbocycles. The molecule has 4 N–H and O–H groups in total. The van der Waals surface area contributed by atoms with E-state index in [2.05, 4.69) is 57.1 Å². The van der Waals surface area contributed by atoms with Gasteiger partial charge in [-0.2, -0.15) is 10.1 Å². The Morgan fingerprint density at radius 2 is 2.05 bits per heavy atom. The van der Waals surface area contributed by atoms with Crippen molar-refractivity contribution in [3.8, 4) is 0 Å². The van der Waals surface area contributed by atoms with E-state index < -0.39 is 0 Å². The molecule has 1 fully saturated rings. The molecule has 1 aliphatic carbocycles. The molecule has 1 aliphatic rings. The first-order valence-electron chi connectivity index (χ1n) is 12.7. The maximum atomic E-state index is 13.1. The van der Waals surface area contributed by atoms with Crippen LogP contribution in [0.1, 0.15) is 37.3 Å². The third-order valence-corrected chi connectivity index (χ3v) is 7.92. The SMILES string of the molecule is Nc1nc(Cl)nc2c1c(Br)cn2C1CCC(CN(CCCNCCc2ccc(F)cc2)c2cn[nH]c2)C1. The van der Waals surface area contributed by atoms with E-state index in [1.165, 1.54) is 12.1 Å². The van der Waals surface area contributed by atoms with E-state index >= 15 is 0 Å². The molecular formula is C26H31BrClFN8. The van der Waals surface area contributed by atoms with Gasteiger partial charge in [-0.3, -0.25) is 5.10 Å². The molecule has 1 saturated carbocycles. The fourth-order valence-corrected chi connectivity index (χ4v) is 6.08. The fourth-order valence-electron chi connectivity index (χ4n) is 5.31. The van der Waals surface area contributed by atoms with Crippen LogP contribution in [0.4, 0.5) is 15.9 Å². The Kier molecular flexibility index (Phi) is 8.26. The summed E-state index contributed by atoms with van der Waals surface area (Å²) < 4.78 is 16.2. The van der Waals surface area contributed by atoms with Crippen LogP contribution in [0.15, 0.2) is 47.3 Å². The highest BCUT2D eigenvalue weighted by Crippen LogP contribution is 2.40. The molecule has 4 aromatic rings. The number of nitrogens with one attached hydrogen (secondary N) is 2. The van der Waals surface area contributed by atoms with Crippen LogP contribution in [0.2, 0.25) is 5.28 Å². The highest BCUT2D eigenvalue weighted by molar-refractivity contribution is 9.10. The Balaban J connectivity index is 1.15. The zero-order chi connectivity index (χ0) is 25.8. The van der Waals surface area contributed by atoms with Crippen molar-refractivity contribution in [3.63, 3.8) is 0 Å². The number of hydrogen-bond donors (Lipinski definition) is 3. The van der Waals surface area contributed by atoms with Crippen molar-refractivity contribution in [2.45, 2.75) is 38.1 Å². The Bertz CT molecular complexity index is 1310. The molecular weight excluding hydrogens is 559 g/mol. The van der Waals surface area contributed by atoms with Crippen LogP contribution < -0.4 is 16.0 Å². The Morgan fingerprint density at radius 1 is 1.22 bits per heavy atom. The lowest BCUT2D eigenvalue weighted by Crippen LogP contribution is -2.31. The van der Waals surface area contributed by atoms with E-state index in [0.717, 1.165) is 85.0 Å². The molecule has 0 radical (unpaired) electrons. The van der Waals surface area contributed by atoms with E-state index in [0.29, 0.717) is 17.8 Å². The first kappa shape index (κ1) is 25.9. The summed E-state index contributed by atoms with van der Waals surface area (Å²) in [6.07, 6.45) is 11.1. The average Bonchev–Trinajstić information content (AvgIpc) is 3.62. The van der Waals surface area contributed by atoms with Gasteiger partial charge >= 0.3 is 0 Å². The minimum atomic E-state index is -0.192. The Labute approximate surface area is 228 Å². The quantitative estimate of drug-likeness (QED) is 0.161. The normalized spacial score (nSPS) is 17.6. The Hall–Kier alpha value is -2.69. The number of H-pyrrole nitrogens is 1. The third kappa shape index (κ3) is 6.25. The summed E-state index contributed by atoms with van der Waals surface area (Å²) in [5.74, 6) is 0.757. The van der Waals surface area contributed by atoms with Crippen molar-refractivity contribution in [1.29, 1.82) is 0 Å². The molecule has 3 heterocycles. The maximum absolute atomic E-state index is 13.1. The molecule has 0 spiro atoms. The van der Waals surface area contributed by atoms with E-state index in [9.17, 15) is 4.39 Å². The molecule has 11 heteroatoms. The van der Waals surface area contributed by atoms with Gasteiger partial charge in [0.2, 0.25) is 5.28 Å². The van der Waals surface area contributed by atoms with Crippen LogP contribution in [-0.4, -0.2) is 50.9 Å². The summed E-state index contributed by atoms with van der Waals surface area (Å²) in [6, 6.07) is 7.06. The van der Waals surface area contributed by atoms with Crippen molar-refractivity contribution in [2.24, 2.45) is 5.92 Å². The highest BCUT2D eigenvalue weighted by Gasteiger charge is 2.30. The minimum absolute atomic E-state index is 0.170. The molecule has 5 rings (SSSR count). The van der Waals surface area contributed by atoms with Crippen LogP contribution in [0, 0.1) is 11.7 Å². The van der Waals surface area contributed by atoms with E-state index in [1.54, 1.807) is 0 Å².